The summed E-state index contributed by atoms with van der Waals surface area (Å²) in [6, 6.07) is 5.58. The molecule has 2 aromatic rings. The Kier molecular flexibility index (Phi) is 4.92. The zero-order valence-corrected chi connectivity index (χ0v) is 13.2. The molecule has 3 rings (SSSR count). The van der Waals surface area contributed by atoms with E-state index in [-0.39, 0.29) is 12.0 Å². The number of aromatic nitrogens is 3. The number of hydrogen-bond donors (Lipinski definition) is 0. The van der Waals surface area contributed by atoms with Gasteiger partial charge in [-0.3, -0.25) is 9.78 Å². The summed E-state index contributed by atoms with van der Waals surface area (Å²) in [5.74, 6) is -0.119. The third-order valence-electron chi connectivity index (χ3n) is 4.01. The first-order chi connectivity index (χ1) is 11.3. The summed E-state index contributed by atoms with van der Waals surface area (Å²) in [5.41, 5.74) is 2.15. The van der Waals surface area contributed by atoms with Crippen molar-refractivity contribution in [3.05, 3.63) is 48.0 Å². The maximum atomic E-state index is 13.1. The molecular weight excluding hydrogens is 292 g/mol. The number of ether oxygens (including phenoxy) is 1. The van der Waals surface area contributed by atoms with E-state index in [9.17, 15) is 4.79 Å². The maximum absolute atomic E-state index is 13.1. The fourth-order valence-corrected chi connectivity index (χ4v) is 2.79. The van der Waals surface area contributed by atoms with E-state index in [1.54, 1.807) is 29.6 Å². The Labute approximate surface area is 135 Å². The van der Waals surface area contributed by atoms with Gasteiger partial charge in [0.05, 0.1) is 30.7 Å². The first kappa shape index (κ1) is 15.6. The fourth-order valence-electron chi connectivity index (χ4n) is 2.79. The quantitative estimate of drug-likeness (QED) is 0.847. The highest BCUT2D eigenvalue weighted by Gasteiger charge is 2.26. The molecule has 0 spiro atoms. The lowest BCUT2D eigenvalue weighted by Gasteiger charge is -2.25. The van der Waals surface area contributed by atoms with Crippen molar-refractivity contribution in [3.63, 3.8) is 0 Å². The van der Waals surface area contributed by atoms with Gasteiger partial charge in [-0.15, -0.1) is 0 Å². The Balaban J connectivity index is 1.92. The molecule has 1 amide bonds. The van der Waals surface area contributed by atoms with Crippen LogP contribution in [0.2, 0.25) is 0 Å². The molecule has 1 unspecified atom stereocenters. The van der Waals surface area contributed by atoms with Gasteiger partial charge in [0.2, 0.25) is 0 Å². The molecule has 1 atom stereocenters. The average molecular weight is 312 g/mol. The van der Waals surface area contributed by atoms with E-state index in [0.717, 1.165) is 31.4 Å². The van der Waals surface area contributed by atoms with Crippen molar-refractivity contribution in [3.8, 4) is 0 Å². The number of rotatable bonds is 5. The number of anilines is 1. The van der Waals surface area contributed by atoms with Crippen molar-refractivity contribution in [2.45, 2.75) is 32.3 Å². The molecule has 6 heteroatoms. The van der Waals surface area contributed by atoms with Crippen LogP contribution in [-0.2, 0) is 11.2 Å². The van der Waals surface area contributed by atoms with Crippen LogP contribution in [0.4, 0.5) is 5.69 Å². The van der Waals surface area contributed by atoms with Crippen LogP contribution in [0.15, 0.2) is 36.8 Å². The number of pyridine rings is 1. The molecule has 120 valence electrons. The second kappa shape index (κ2) is 7.28. The Morgan fingerprint density at radius 2 is 2.26 bits per heavy atom. The van der Waals surface area contributed by atoms with E-state index < -0.39 is 0 Å². The van der Waals surface area contributed by atoms with Crippen molar-refractivity contribution in [1.29, 1.82) is 0 Å². The zero-order chi connectivity index (χ0) is 16.1. The van der Waals surface area contributed by atoms with Crippen molar-refractivity contribution in [2.24, 2.45) is 0 Å². The molecule has 0 aromatic carbocycles. The van der Waals surface area contributed by atoms with Gasteiger partial charge in [0.25, 0.3) is 5.91 Å². The predicted octanol–water partition coefficient (Wildman–Crippen LogP) is 2.26. The Morgan fingerprint density at radius 3 is 2.96 bits per heavy atom. The normalized spacial score (nSPS) is 17.2. The number of carbonyl (C=O) groups is 1. The molecule has 2 aromatic heterocycles. The monoisotopic (exact) mass is 312 g/mol. The van der Waals surface area contributed by atoms with Crippen LogP contribution in [0.25, 0.3) is 0 Å². The summed E-state index contributed by atoms with van der Waals surface area (Å²) in [5, 5.41) is 7.68. The van der Waals surface area contributed by atoms with Gasteiger partial charge < -0.3 is 9.64 Å². The van der Waals surface area contributed by atoms with E-state index in [1.165, 1.54) is 0 Å². The van der Waals surface area contributed by atoms with E-state index in [4.69, 9.17) is 4.74 Å². The second-order valence-electron chi connectivity index (χ2n) is 5.52. The highest BCUT2D eigenvalue weighted by atomic mass is 16.5. The van der Waals surface area contributed by atoms with Gasteiger partial charge in [-0.05, 0) is 37.0 Å². The molecule has 1 aliphatic rings. The van der Waals surface area contributed by atoms with Gasteiger partial charge >= 0.3 is 0 Å². The van der Waals surface area contributed by atoms with E-state index in [2.05, 4.69) is 15.2 Å². The largest absolute Gasteiger partial charge is 0.376 e. The number of carbonyl (C=O) groups excluding carboxylic acids is 1. The molecule has 0 aliphatic carbocycles. The average Bonchev–Trinajstić information content (AvgIpc) is 3.13. The SMILES string of the molecule is CCc1cccnc1C(=O)N(CC1CCCO1)c1ccnnc1. The summed E-state index contributed by atoms with van der Waals surface area (Å²) in [4.78, 5) is 19.1. The minimum absolute atomic E-state index is 0.0564. The minimum Gasteiger partial charge on any atom is -0.376 e. The van der Waals surface area contributed by atoms with Gasteiger partial charge in [-0.25, -0.2) is 0 Å². The van der Waals surface area contributed by atoms with Crippen molar-refractivity contribution in [2.75, 3.05) is 18.1 Å². The van der Waals surface area contributed by atoms with Gasteiger partial charge in [-0.1, -0.05) is 13.0 Å². The zero-order valence-electron chi connectivity index (χ0n) is 13.2. The second-order valence-corrected chi connectivity index (χ2v) is 5.52. The standard InChI is InChI=1S/C17H20N4O2/c1-2-13-5-3-8-18-16(13)17(22)21(12-15-6-4-10-23-15)14-7-9-19-20-11-14/h3,5,7-9,11,15H,2,4,6,10,12H2,1H3. The van der Waals surface area contributed by atoms with Gasteiger partial charge in [0.15, 0.2) is 0 Å². The van der Waals surface area contributed by atoms with Crippen LogP contribution >= 0.6 is 0 Å². The minimum atomic E-state index is -0.119. The molecular formula is C17H20N4O2. The fraction of sp³-hybridized carbons (Fsp3) is 0.412. The number of amides is 1. The van der Waals surface area contributed by atoms with E-state index in [1.807, 2.05) is 19.1 Å². The van der Waals surface area contributed by atoms with E-state index >= 15 is 0 Å². The molecule has 0 N–H and O–H groups in total. The van der Waals surface area contributed by atoms with Crippen molar-refractivity contribution >= 4 is 11.6 Å². The summed E-state index contributed by atoms with van der Waals surface area (Å²) in [6.45, 7) is 3.28. The molecule has 0 saturated carbocycles. The Hall–Kier alpha value is -2.34. The van der Waals surface area contributed by atoms with Gasteiger partial charge in [-0.2, -0.15) is 10.2 Å². The third kappa shape index (κ3) is 3.53. The first-order valence-corrected chi connectivity index (χ1v) is 7.93. The summed E-state index contributed by atoms with van der Waals surface area (Å²) in [6.07, 6.45) is 7.65. The Morgan fingerprint density at radius 1 is 1.35 bits per heavy atom. The van der Waals surface area contributed by atoms with Crippen molar-refractivity contribution in [1.82, 2.24) is 15.2 Å². The topological polar surface area (TPSA) is 68.2 Å². The smallest absolute Gasteiger partial charge is 0.277 e. The van der Waals surface area contributed by atoms with Gasteiger partial charge in [0.1, 0.15) is 5.69 Å². The lowest BCUT2D eigenvalue weighted by molar-refractivity contribution is 0.0912. The summed E-state index contributed by atoms with van der Waals surface area (Å²) in [7, 11) is 0. The lowest BCUT2D eigenvalue weighted by Crippen LogP contribution is -2.38. The molecule has 23 heavy (non-hydrogen) atoms. The molecule has 6 nitrogen and oxygen atoms in total. The van der Waals surface area contributed by atoms with Crippen LogP contribution in [0.5, 0.6) is 0 Å². The predicted molar refractivity (Wildman–Crippen MR) is 86.3 cm³/mol. The highest BCUT2D eigenvalue weighted by molar-refractivity contribution is 6.05. The molecule has 0 radical (unpaired) electrons. The Bertz CT molecular complexity index is 657. The van der Waals surface area contributed by atoms with Gasteiger partial charge in [0, 0.05) is 12.8 Å². The number of nitrogens with zero attached hydrogens (tertiary/aromatic N) is 4. The van der Waals surface area contributed by atoms with Crippen LogP contribution in [0.3, 0.4) is 0 Å². The molecule has 1 aliphatic heterocycles. The van der Waals surface area contributed by atoms with Crippen LogP contribution in [0, 0.1) is 0 Å². The van der Waals surface area contributed by atoms with Crippen molar-refractivity contribution < 1.29 is 9.53 Å². The maximum Gasteiger partial charge on any atom is 0.277 e. The number of aryl methyl sites for hydroxylation is 1. The third-order valence-corrected chi connectivity index (χ3v) is 4.01. The van der Waals surface area contributed by atoms with E-state index in [0.29, 0.717) is 17.9 Å². The van der Waals surface area contributed by atoms with Crippen LogP contribution in [0.1, 0.15) is 35.8 Å². The van der Waals surface area contributed by atoms with Crippen LogP contribution in [-0.4, -0.2) is 40.3 Å². The molecule has 1 fully saturated rings. The lowest BCUT2D eigenvalue weighted by atomic mass is 10.1. The highest BCUT2D eigenvalue weighted by Crippen LogP contribution is 2.21. The summed E-state index contributed by atoms with van der Waals surface area (Å²) >= 11 is 0. The number of hydrogen-bond acceptors (Lipinski definition) is 5. The first-order valence-electron chi connectivity index (χ1n) is 7.93. The molecule has 0 bridgehead atoms. The van der Waals surface area contributed by atoms with Crippen LogP contribution < -0.4 is 4.90 Å². The summed E-state index contributed by atoms with van der Waals surface area (Å²) < 4.78 is 5.70. The molecule has 3 heterocycles. The molecule has 1 saturated heterocycles.